The van der Waals surface area contributed by atoms with Crippen LogP contribution in [0.3, 0.4) is 0 Å². The molecule has 18 heavy (non-hydrogen) atoms. The number of carbonyl (C=O) groups is 1. The molecule has 0 N–H and O–H groups in total. The highest BCUT2D eigenvalue weighted by atomic mass is 19.3. The van der Waals surface area contributed by atoms with Crippen molar-refractivity contribution in [1.82, 2.24) is 4.98 Å². The van der Waals surface area contributed by atoms with Gasteiger partial charge in [0.15, 0.2) is 5.69 Å². The Hall–Kier alpha value is -1.97. The molecule has 98 valence electrons. The highest BCUT2D eigenvalue weighted by Crippen LogP contribution is 2.30. The largest absolute Gasteiger partial charge is 0.460 e. The minimum atomic E-state index is -2.97. The molecule has 0 amide bonds. The molecule has 1 heterocycles. The third-order valence-electron chi connectivity index (χ3n) is 2.12. The molecule has 0 spiro atoms. The third-order valence-corrected chi connectivity index (χ3v) is 2.12. The second kappa shape index (κ2) is 5.12. The van der Waals surface area contributed by atoms with Gasteiger partial charge < -0.3 is 14.0 Å². The lowest BCUT2D eigenvalue weighted by molar-refractivity contribution is 0.0472. The van der Waals surface area contributed by atoms with E-state index < -0.39 is 29.4 Å². The SMILES string of the molecule is [C-]#[N+]C(C)(C)c1nc(C(F)F)c(C(=O)OCC)o1. The summed E-state index contributed by atoms with van der Waals surface area (Å²) in [5.41, 5.74) is -2.01. The van der Waals surface area contributed by atoms with Crippen LogP contribution in [0.2, 0.25) is 0 Å². The average molecular weight is 258 g/mol. The predicted octanol–water partition coefficient (Wildman–Crippen LogP) is 2.94. The van der Waals surface area contributed by atoms with E-state index in [4.69, 9.17) is 11.0 Å². The number of halogens is 2. The van der Waals surface area contributed by atoms with Crippen molar-refractivity contribution in [1.29, 1.82) is 0 Å². The molecule has 0 atom stereocenters. The molecular weight excluding hydrogens is 246 g/mol. The monoisotopic (exact) mass is 258 g/mol. The number of oxazole rings is 1. The van der Waals surface area contributed by atoms with Crippen molar-refractivity contribution in [2.45, 2.75) is 32.7 Å². The highest BCUT2D eigenvalue weighted by molar-refractivity contribution is 5.87. The van der Waals surface area contributed by atoms with Crippen molar-refractivity contribution in [2.75, 3.05) is 6.61 Å². The van der Waals surface area contributed by atoms with Gasteiger partial charge in [-0.3, -0.25) is 0 Å². The van der Waals surface area contributed by atoms with E-state index in [9.17, 15) is 13.6 Å². The zero-order valence-corrected chi connectivity index (χ0v) is 10.2. The first-order valence-corrected chi connectivity index (χ1v) is 5.18. The van der Waals surface area contributed by atoms with Crippen LogP contribution in [0.15, 0.2) is 4.42 Å². The van der Waals surface area contributed by atoms with E-state index in [1.165, 1.54) is 13.8 Å². The van der Waals surface area contributed by atoms with Gasteiger partial charge in [0.05, 0.1) is 6.61 Å². The Morgan fingerprint density at radius 2 is 2.22 bits per heavy atom. The molecule has 0 fully saturated rings. The zero-order valence-electron chi connectivity index (χ0n) is 10.2. The Morgan fingerprint density at radius 1 is 1.61 bits per heavy atom. The molecule has 0 bridgehead atoms. The molecule has 5 nitrogen and oxygen atoms in total. The summed E-state index contributed by atoms with van der Waals surface area (Å²) in [5.74, 6) is -1.87. The van der Waals surface area contributed by atoms with Gasteiger partial charge in [-0.2, -0.15) is 0 Å². The van der Waals surface area contributed by atoms with Crippen LogP contribution in [0, 0.1) is 6.57 Å². The van der Waals surface area contributed by atoms with Crippen LogP contribution in [-0.4, -0.2) is 17.6 Å². The summed E-state index contributed by atoms with van der Waals surface area (Å²) in [6.07, 6.45) is -2.97. The van der Waals surface area contributed by atoms with Crippen LogP contribution in [0.1, 0.15) is 49.3 Å². The Kier molecular flexibility index (Phi) is 4.01. The minimum Gasteiger partial charge on any atom is -0.460 e. The van der Waals surface area contributed by atoms with Gasteiger partial charge in [-0.15, -0.1) is 0 Å². The molecule has 0 saturated carbocycles. The fourth-order valence-electron chi connectivity index (χ4n) is 1.13. The molecule has 1 rings (SSSR count). The molecule has 0 aliphatic heterocycles. The van der Waals surface area contributed by atoms with E-state index in [0.29, 0.717) is 0 Å². The molecule has 7 heteroatoms. The molecule has 0 aliphatic rings. The van der Waals surface area contributed by atoms with Crippen molar-refractivity contribution in [3.05, 3.63) is 28.8 Å². The van der Waals surface area contributed by atoms with Crippen molar-refractivity contribution in [3.63, 3.8) is 0 Å². The number of nitrogens with zero attached hydrogens (tertiary/aromatic N) is 2. The normalized spacial score (nSPS) is 11.4. The zero-order chi connectivity index (χ0) is 13.9. The Labute approximate surface area is 103 Å². The third kappa shape index (κ3) is 2.64. The summed E-state index contributed by atoms with van der Waals surface area (Å²) in [6, 6.07) is 0. The molecule has 0 aliphatic carbocycles. The van der Waals surface area contributed by atoms with E-state index >= 15 is 0 Å². The van der Waals surface area contributed by atoms with Crippen LogP contribution >= 0.6 is 0 Å². The Balaban J connectivity index is 3.26. The summed E-state index contributed by atoms with van der Waals surface area (Å²) in [7, 11) is 0. The average Bonchev–Trinajstić information content (AvgIpc) is 2.75. The number of hydrogen-bond donors (Lipinski definition) is 0. The number of hydrogen-bond acceptors (Lipinski definition) is 4. The van der Waals surface area contributed by atoms with Gasteiger partial charge in [-0.05, 0) is 6.92 Å². The minimum absolute atomic E-state index is 0.0315. The van der Waals surface area contributed by atoms with Crippen molar-refractivity contribution in [3.8, 4) is 0 Å². The van der Waals surface area contributed by atoms with Crippen LogP contribution in [0.4, 0.5) is 8.78 Å². The van der Waals surface area contributed by atoms with Crippen molar-refractivity contribution in [2.24, 2.45) is 0 Å². The Morgan fingerprint density at radius 3 is 2.67 bits per heavy atom. The number of carbonyl (C=O) groups excluding carboxylic acids is 1. The van der Waals surface area contributed by atoms with E-state index in [0.717, 1.165) is 0 Å². The van der Waals surface area contributed by atoms with E-state index in [2.05, 4.69) is 14.6 Å². The van der Waals surface area contributed by atoms with Gasteiger partial charge in [0.25, 0.3) is 12.3 Å². The van der Waals surface area contributed by atoms with E-state index in [1.807, 2.05) is 0 Å². The molecule has 0 unspecified atom stereocenters. The number of rotatable bonds is 4. The molecule has 0 radical (unpaired) electrons. The maximum atomic E-state index is 12.7. The molecule has 0 aromatic carbocycles. The number of alkyl halides is 2. The maximum Gasteiger partial charge on any atom is 0.376 e. The lowest BCUT2D eigenvalue weighted by Gasteiger charge is -2.04. The highest BCUT2D eigenvalue weighted by Gasteiger charge is 2.37. The fourth-order valence-corrected chi connectivity index (χ4v) is 1.13. The first-order chi connectivity index (χ1) is 8.33. The maximum absolute atomic E-state index is 12.7. The standard InChI is InChI=1S/C11H12F2N2O3/c1-5-17-9(16)7-6(8(12)13)15-10(18-7)11(2,3)14-4/h8H,5H2,1-3H3. The fraction of sp³-hybridized carbons (Fsp3) is 0.545. The lowest BCUT2D eigenvalue weighted by Crippen LogP contribution is -2.11. The second-order valence-electron chi connectivity index (χ2n) is 3.93. The number of aromatic nitrogens is 1. The molecule has 0 saturated heterocycles. The lowest BCUT2D eigenvalue weighted by atomic mass is 10.1. The van der Waals surface area contributed by atoms with Gasteiger partial charge in [0.1, 0.15) is 0 Å². The van der Waals surface area contributed by atoms with Gasteiger partial charge in [0.2, 0.25) is 5.76 Å². The molecular formula is C11H12F2N2O3. The summed E-state index contributed by atoms with van der Waals surface area (Å²) in [6.45, 7) is 11.4. The van der Waals surface area contributed by atoms with Gasteiger partial charge in [0, 0.05) is 13.8 Å². The number of esters is 1. The topological polar surface area (TPSA) is 56.7 Å². The Bertz CT molecular complexity index is 489. The van der Waals surface area contributed by atoms with Crippen molar-refractivity contribution >= 4 is 5.97 Å². The molecule has 1 aromatic heterocycles. The second-order valence-corrected chi connectivity index (χ2v) is 3.93. The smallest absolute Gasteiger partial charge is 0.376 e. The van der Waals surface area contributed by atoms with Gasteiger partial charge >= 0.3 is 11.5 Å². The number of ether oxygens (including phenoxy) is 1. The quantitative estimate of drug-likeness (QED) is 0.615. The van der Waals surface area contributed by atoms with Crippen LogP contribution in [-0.2, 0) is 10.3 Å². The van der Waals surface area contributed by atoms with Gasteiger partial charge in [-0.1, -0.05) is 0 Å². The van der Waals surface area contributed by atoms with E-state index in [-0.39, 0.29) is 12.5 Å². The first kappa shape index (κ1) is 14.1. The van der Waals surface area contributed by atoms with Crippen LogP contribution < -0.4 is 0 Å². The summed E-state index contributed by atoms with van der Waals surface area (Å²) >= 11 is 0. The first-order valence-electron chi connectivity index (χ1n) is 5.18. The van der Waals surface area contributed by atoms with Crippen LogP contribution in [0.25, 0.3) is 4.85 Å². The molecule has 1 aromatic rings. The van der Waals surface area contributed by atoms with E-state index in [1.54, 1.807) is 6.92 Å². The van der Waals surface area contributed by atoms with Crippen molar-refractivity contribution < 1.29 is 22.7 Å². The van der Waals surface area contributed by atoms with Gasteiger partial charge in [-0.25, -0.2) is 25.1 Å². The predicted molar refractivity (Wildman–Crippen MR) is 57.0 cm³/mol. The van der Waals surface area contributed by atoms with Crippen LogP contribution in [0.5, 0.6) is 0 Å². The summed E-state index contributed by atoms with van der Waals surface area (Å²) in [5, 5.41) is 0. The summed E-state index contributed by atoms with van der Waals surface area (Å²) in [4.78, 5) is 18.2. The summed E-state index contributed by atoms with van der Waals surface area (Å²) < 4.78 is 35.0.